The van der Waals surface area contributed by atoms with E-state index < -0.39 is 15.7 Å². The van der Waals surface area contributed by atoms with Crippen LogP contribution in [0.5, 0.6) is 0 Å². The van der Waals surface area contributed by atoms with Crippen LogP contribution in [0.15, 0.2) is 82.2 Å². The van der Waals surface area contributed by atoms with Crippen molar-refractivity contribution in [3.05, 3.63) is 93.7 Å². The van der Waals surface area contributed by atoms with Crippen molar-refractivity contribution >= 4 is 42.9 Å². The lowest BCUT2D eigenvalue weighted by molar-refractivity contribution is 0.103. The maximum Gasteiger partial charge on any atom is 0.221 e. The number of carbonyl (C=O) groups is 1. The lowest BCUT2D eigenvalue weighted by Crippen LogP contribution is -2.00. The number of hydrogen-bond acceptors (Lipinski definition) is 5. The lowest BCUT2D eigenvalue weighted by atomic mass is 10.1. The van der Waals surface area contributed by atoms with Gasteiger partial charge in [-0.05, 0) is 42.5 Å². The molecule has 0 unspecified atom stereocenters. The largest absolute Gasteiger partial charge is 0.286 e. The summed E-state index contributed by atoms with van der Waals surface area (Å²) in [5.74, 6) is -0.680. The lowest BCUT2D eigenvalue weighted by Gasteiger charge is -2.08. The molecule has 4 rings (SSSR count). The van der Waals surface area contributed by atoms with Crippen LogP contribution < -0.4 is 0 Å². The molecule has 0 radical (unpaired) electrons. The number of benzene rings is 3. The maximum atomic E-state index is 13.5. The zero-order chi connectivity index (χ0) is 22.2. The topological polar surface area (TPSA) is 64.1 Å². The number of ketones is 1. The Bertz CT molecular complexity index is 1400. The molecule has 0 aliphatic heterocycles. The molecule has 0 aliphatic rings. The standard InChI is InChI=1S/C23H15BrFNO3S2/c1-31(28,29)19-8-3-2-7-18(19)22-20(14-9-11-17(25)12-10-14)26-23(30-22)21(27)15-5-4-6-16(24)13-15/h2-13H,1H3. The van der Waals surface area contributed by atoms with Crippen LogP contribution in [0.25, 0.3) is 21.7 Å². The average molecular weight is 516 g/mol. The van der Waals surface area contributed by atoms with Gasteiger partial charge in [0.1, 0.15) is 5.82 Å². The summed E-state index contributed by atoms with van der Waals surface area (Å²) in [5.41, 5.74) is 1.93. The second kappa shape index (κ2) is 8.45. The van der Waals surface area contributed by atoms with Crippen LogP contribution in [0.1, 0.15) is 15.4 Å². The van der Waals surface area contributed by atoms with E-state index in [0.29, 0.717) is 27.3 Å². The second-order valence-corrected chi connectivity index (χ2v) is 10.7. The van der Waals surface area contributed by atoms with Crippen molar-refractivity contribution in [1.82, 2.24) is 4.98 Å². The van der Waals surface area contributed by atoms with Crippen LogP contribution >= 0.6 is 27.3 Å². The third-order valence-corrected chi connectivity index (χ3v) is 7.29. The van der Waals surface area contributed by atoms with E-state index in [1.165, 1.54) is 18.2 Å². The highest BCUT2D eigenvalue weighted by Gasteiger charge is 2.24. The van der Waals surface area contributed by atoms with Gasteiger partial charge in [0.2, 0.25) is 5.78 Å². The molecular weight excluding hydrogens is 501 g/mol. The molecule has 31 heavy (non-hydrogen) atoms. The SMILES string of the molecule is CS(=O)(=O)c1ccccc1-c1sc(C(=O)c2cccc(Br)c2)nc1-c1ccc(F)cc1. The van der Waals surface area contributed by atoms with Crippen molar-refractivity contribution in [2.75, 3.05) is 6.26 Å². The first-order valence-corrected chi connectivity index (χ1v) is 12.6. The molecule has 8 heteroatoms. The van der Waals surface area contributed by atoms with Crippen molar-refractivity contribution in [2.45, 2.75) is 4.90 Å². The third kappa shape index (κ3) is 4.51. The first-order chi connectivity index (χ1) is 14.7. The van der Waals surface area contributed by atoms with Crippen LogP contribution in [-0.2, 0) is 9.84 Å². The van der Waals surface area contributed by atoms with Gasteiger partial charge in [-0.25, -0.2) is 17.8 Å². The molecule has 0 saturated heterocycles. The van der Waals surface area contributed by atoms with E-state index in [1.54, 1.807) is 48.5 Å². The summed E-state index contributed by atoms with van der Waals surface area (Å²) in [6.45, 7) is 0. The maximum absolute atomic E-state index is 13.5. The fourth-order valence-electron chi connectivity index (χ4n) is 3.13. The van der Waals surface area contributed by atoms with Crippen LogP contribution in [0.3, 0.4) is 0 Å². The van der Waals surface area contributed by atoms with E-state index in [2.05, 4.69) is 20.9 Å². The molecule has 1 aromatic heterocycles. The zero-order valence-corrected chi connectivity index (χ0v) is 19.4. The molecule has 3 aromatic carbocycles. The molecule has 0 saturated carbocycles. The summed E-state index contributed by atoms with van der Waals surface area (Å²) in [6, 6.07) is 19.3. The van der Waals surface area contributed by atoms with Crippen LogP contribution in [-0.4, -0.2) is 25.4 Å². The van der Waals surface area contributed by atoms with E-state index in [9.17, 15) is 17.6 Å². The smallest absolute Gasteiger partial charge is 0.221 e. The van der Waals surface area contributed by atoms with Crippen LogP contribution in [0.4, 0.5) is 4.39 Å². The van der Waals surface area contributed by atoms with Gasteiger partial charge in [-0.2, -0.15) is 0 Å². The van der Waals surface area contributed by atoms with Gasteiger partial charge in [-0.3, -0.25) is 4.79 Å². The first-order valence-electron chi connectivity index (χ1n) is 9.10. The van der Waals surface area contributed by atoms with E-state index in [0.717, 1.165) is 22.1 Å². The normalized spacial score (nSPS) is 11.5. The van der Waals surface area contributed by atoms with Crippen molar-refractivity contribution in [3.63, 3.8) is 0 Å². The number of nitrogens with zero attached hydrogens (tertiary/aromatic N) is 1. The molecule has 1 heterocycles. The van der Waals surface area contributed by atoms with E-state index in [-0.39, 0.29) is 15.7 Å². The molecule has 0 atom stereocenters. The van der Waals surface area contributed by atoms with E-state index in [4.69, 9.17) is 0 Å². The molecule has 0 N–H and O–H groups in total. The van der Waals surface area contributed by atoms with E-state index >= 15 is 0 Å². The van der Waals surface area contributed by atoms with Gasteiger partial charge in [0.05, 0.1) is 15.5 Å². The molecular formula is C23H15BrFNO3S2. The number of carbonyl (C=O) groups excluding carboxylic acids is 1. The number of aromatic nitrogens is 1. The van der Waals surface area contributed by atoms with Crippen molar-refractivity contribution in [3.8, 4) is 21.7 Å². The van der Waals surface area contributed by atoms with Gasteiger partial charge in [0.15, 0.2) is 14.8 Å². The Morgan fingerprint density at radius 2 is 1.71 bits per heavy atom. The molecule has 0 fully saturated rings. The van der Waals surface area contributed by atoms with Gasteiger partial charge >= 0.3 is 0 Å². The van der Waals surface area contributed by atoms with Crippen molar-refractivity contribution in [1.29, 1.82) is 0 Å². The molecule has 0 bridgehead atoms. The Hall–Kier alpha value is -2.68. The Morgan fingerprint density at radius 1 is 1.00 bits per heavy atom. The Labute approximate surface area is 191 Å². The molecule has 0 aliphatic carbocycles. The summed E-state index contributed by atoms with van der Waals surface area (Å²) < 4.78 is 39.0. The Kier molecular flexibility index (Phi) is 5.88. The average Bonchev–Trinajstić information content (AvgIpc) is 3.18. The molecule has 0 amide bonds. The minimum Gasteiger partial charge on any atom is -0.286 e. The van der Waals surface area contributed by atoms with Gasteiger partial charge in [0.25, 0.3) is 0 Å². The monoisotopic (exact) mass is 515 g/mol. The summed E-state index contributed by atoms with van der Waals surface area (Å²) in [6.07, 6.45) is 1.14. The highest BCUT2D eigenvalue weighted by Crippen LogP contribution is 2.40. The number of sulfone groups is 1. The molecule has 156 valence electrons. The van der Waals surface area contributed by atoms with Crippen molar-refractivity contribution < 1.29 is 17.6 Å². The highest BCUT2D eigenvalue weighted by atomic mass is 79.9. The van der Waals surface area contributed by atoms with Crippen molar-refractivity contribution in [2.24, 2.45) is 0 Å². The number of rotatable bonds is 5. The zero-order valence-electron chi connectivity index (χ0n) is 16.2. The summed E-state index contributed by atoms with van der Waals surface area (Å²) >= 11 is 4.48. The van der Waals surface area contributed by atoms with Gasteiger partial charge in [-0.15, -0.1) is 11.3 Å². The van der Waals surface area contributed by atoms with Gasteiger partial charge in [0, 0.05) is 27.4 Å². The van der Waals surface area contributed by atoms with E-state index in [1.807, 2.05) is 6.07 Å². The molecule has 0 spiro atoms. The number of thiazole rings is 1. The quantitative estimate of drug-likeness (QED) is 0.305. The molecule has 4 nitrogen and oxygen atoms in total. The van der Waals surface area contributed by atoms with Crippen LogP contribution in [0, 0.1) is 5.82 Å². The van der Waals surface area contributed by atoms with Gasteiger partial charge < -0.3 is 0 Å². The summed E-state index contributed by atoms with van der Waals surface area (Å²) in [5, 5.41) is 0.218. The molecule has 4 aromatic rings. The third-order valence-electron chi connectivity index (χ3n) is 4.56. The predicted molar refractivity (Wildman–Crippen MR) is 124 cm³/mol. The first kappa shape index (κ1) is 21.5. The number of hydrogen-bond donors (Lipinski definition) is 0. The fourth-order valence-corrected chi connectivity index (χ4v) is 5.58. The fraction of sp³-hybridized carbons (Fsp3) is 0.0435. The minimum absolute atomic E-state index is 0.142. The Morgan fingerprint density at radius 3 is 2.39 bits per heavy atom. The Balaban J connectivity index is 1.95. The second-order valence-electron chi connectivity index (χ2n) is 6.81. The van der Waals surface area contributed by atoms with Crippen LogP contribution in [0.2, 0.25) is 0 Å². The van der Waals surface area contributed by atoms with Gasteiger partial charge in [-0.1, -0.05) is 46.3 Å². The summed E-state index contributed by atoms with van der Waals surface area (Å²) in [4.78, 5) is 18.3. The predicted octanol–water partition coefficient (Wildman–Crippen LogP) is 6.01. The summed E-state index contributed by atoms with van der Waals surface area (Å²) in [7, 11) is -3.53. The number of halogens is 2. The highest BCUT2D eigenvalue weighted by molar-refractivity contribution is 9.10. The minimum atomic E-state index is -3.53.